The van der Waals surface area contributed by atoms with E-state index >= 15 is 0 Å². The summed E-state index contributed by atoms with van der Waals surface area (Å²) < 4.78 is 14.7. The summed E-state index contributed by atoms with van der Waals surface area (Å²) in [5.41, 5.74) is 3.39. The van der Waals surface area contributed by atoms with Gasteiger partial charge in [0.05, 0.1) is 22.6 Å². The van der Waals surface area contributed by atoms with E-state index in [4.69, 9.17) is 14.5 Å². The van der Waals surface area contributed by atoms with Crippen molar-refractivity contribution in [1.82, 2.24) is 24.6 Å². The van der Waals surface area contributed by atoms with E-state index in [1.54, 1.807) is 22.2 Å². The monoisotopic (exact) mass is 518 g/mol. The summed E-state index contributed by atoms with van der Waals surface area (Å²) in [4.78, 5) is 11.8. The molecule has 4 aromatic rings. The van der Waals surface area contributed by atoms with Crippen molar-refractivity contribution in [3.63, 3.8) is 0 Å². The number of likely N-dealkylation sites (tertiary alicyclic amines) is 1. The Morgan fingerprint density at radius 1 is 1.16 bits per heavy atom. The van der Waals surface area contributed by atoms with Crippen LogP contribution in [-0.2, 0) is 4.74 Å². The van der Waals surface area contributed by atoms with Gasteiger partial charge < -0.3 is 19.7 Å². The average Bonchev–Trinajstić information content (AvgIpc) is 3.52. The molecule has 0 amide bonds. The molecule has 1 N–H and O–H groups in total. The fourth-order valence-corrected chi connectivity index (χ4v) is 5.25. The maximum absolute atomic E-state index is 6.20. The lowest BCUT2D eigenvalue weighted by Crippen LogP contribution is -2.37. The third-order valence-corrected chi connectivity index (χ3v) is 7.19. The van der Waals surface area contributed by atoms with Crippen LogP contribution in [0.1, 0.15) is 40.5 Å². The third kappa shape index (κ3) is 6.11. The van der Waals surface area contributed by atoms with Gasteiger partial charge in [-0.25, -0.2) is 14.6 Å². The molecule has 8 nitrogen and oxygen atoms in total. The van der Waals surface area contributed by atoms with Crippen LogP contribution in [0.2, 0.25) is 0 Å². The van der Waals surface area contributed by atoms with E-state index in [9.17, 15) is 0 Å². The number of hydrogen-bond acceptors (Lipinski definition) is 8. The highest BCUT2D eigenvalue weighted by Gasteiger charge is 2.19. The van der Waals surface area contributed by atoms with Gasteiger partial charge in [0, 0.05) is 41.5 Å². The van der Waals surface area contributed by atoms with Crippen LogP contribution in [0, 0.1) is 0 Å². The van der Waals surface area contributed by atoms with Crippen molar-refractivity contribution in [3.8, 4) is 16.9 Å². The fraction of sp³-hybridized carbons (Fsp3) is 0.393. The summed E-state index contributed by atoms with van der Waals surface area (Å²) in [7, 11) is 0. The number of piperidine rings is 1. The number of hydrogen-bond donors (Lipinski definition) is 1. The van der Waals surface area contributed by atoms with E-state index in [2.05, 4.69) is 39.2 Å². The zero-order valence-corrected chi connectivity index (χ0v) is 22.7. The lowest BCUT2D eigenvalue weighted by molar-refractivity contribution is 0.0848. The highest BCUT2D eigenvalue weighted by atomic mass is 32.1. The molecule has 1 aromatic carbocycles. The SMILES string of the molecule is C=C(OC(C)(C)C)n1cc(-c2csc3cnc(Nc4ccc(OC5CCN(CC)CC5)cc4)nc23)cn1. The Morgan fingerprint density at radius 3 is 2.62 bits per heavy atom. The number of nitrogens with one attached hydrogen (secondary N) is 1. The van der Waals surface area contributed by atoms with Gasteiger partial charge in [-0.15, -0.1) is 11.3 Å². The predicted octanol–water partition coefficient (Wildman–Crippen LogP) is 6.40. The normalized spacial score (nSPS) is 15.1. The first kappa shape index (κ1) is 25.2. The predicted molar refractivity (Wildman–Crippen MR) is 150 cm³/mol. The van der Waals surface area contributed by atoms with E-state index in [1.165, 1.54) is 0 Å². The van der Waals surface area contributed by atoms with E-state index in [-0.39, 0.29) is 11.7 Å². The molecule has 5 rings (SSSR count). The maximum Gasteiger partial charge on any atom is 0.227 e. The van der Waals surface area contributed by atoms with E-state index in [0.29, 0.717) is 11.8 Å². The fourth-order valence-electron chi connectivity index (χ4n) is 4.37. The minimum Gasteiger partial charge on any atom is -0.490 e. The van der Waals surface area contributed by atoms with Gasteiger partial charge in [-0.2, -0.15) is 5.10 Å². The summed E-state index contributed by atoms with van der Waals surface area (Å²) in [5, 5.41) is 9.84. The summed E-state index contributed by atoms with van der Waals surface area (Å²) in [6.07, 6.45) is 7.99. The molecule has 0 spiro atoms. The Balaban J connectivity index is 1.27. The lowest BCUT2D eigenvalue weighted by Gasteiger charge is -2.31. The number of thiophene rings is 1. The van der Waals surface area contributed by atoms with Crippen LogP contribution in [0.3, 0.4) is 0 Å². The van der Waals surface area contributed by atoms with Gasteiger partial charge in [-0.1, -0.05) is 6.92 Å². The zero-order valence-electron chi connectivity index (χ0n) is 21.9. The molecule has 0 radical (unpaired) electrons. The first-order valence-electron chi connectivity index (χ1n) is 12.7. The maximum atomic E-state index is 6.20. The molecule has 9 heteroatoms. The first-order chi connectivity index (χ1) is 17.8. The van der Waals surface area contributed by atoms with Crippen molar-refractivity contribution in [1.29, 1.82) is 0 Å². The standard InChI is InChI=1S/C28H34N6O2S/c1-6-33-13-11-23(12-14-33)35-22-9-7-21(8-10-22)31-27-29-16-25-26(32-27)24(18-37-25)20-15-30-34(17-20)19(2)36-28(3,4)5/h7-10,15-18,23H,2,6,11-14H2,1,3-5H3,(H,29,31,32). The number of ether oxygens (including phenoxy) is 2. The second-order valence-corrected chi connectivity index (χ2v) is 11.1. The Labute approximate surface area is 221 Å². The largest absolute Gasteiger partial charge is 0.490 e. The van der Waals surface area contributed by atoms with Crippen molar-refractivity contribution < 1.29 is 9.47 Å². The molecule has 37 heavy (non-hydrogen) atoms. The van der Waals surface area contributed by atoms with Gasteiger partial charge in [0.2, 0.25) is 11.8 Å². The van der Waals surface area contributed by atoms with Crippen LogP contribution < -0.4 is 10.1 Å². The van der Waals surface area contributed by atoms with Crippen LogP contribution in [-0.4, -0.2) is 56.0 Å². The van der Waals surface area contributed by atoms with Crippen LogP contribution in [0.15, 0.2) is 54.8 Å². The summed E-state index contributed by atoms with van der Waals surface area (Å²) in [5.74, 6) is 1.92. The molecule has 1 fully saturated rings. The molecule has 0 aliphatic carbocycles. The molecule has 194 valence electrons. The van der Waals surface area contributed by atoms with Gasteiger partial charge >= 0.3 is 0 Å². The second-order valence-electron chi connectivity index (χ2n) is 10.2. The molecule has 1 saturated heterocycles. The lowest BCUT2D eigenvalue weighted by atomic mass is 10.1. The summed E-state index contributed by atoms with van der Waals surface area (Å²) in [6, 6.07) is 8.01. The zero-order chi connectivity index (χ0) is 26.0. The van der Waals surface area contributed by atoms with Crippen LogP contribution in [0.5, 0.6) is 5.75 Å². The highest BCUT2D eigenvalue weighted by Crippen LogP contribution is 2.33. The number of aromatic nitrogens is 4. The van der Waals surface area contributed by atoms with Gasteiger partial charge in [0.25, 0.3) is 0 Å². The molecule has 0 saturated carbocycles. The minimum absolute atomic E-state index is 0.283. The Bertz CT molecular complexity index is 1360. The van der Waals surface area contributed by atoms with Crippen LogP contribution in [0.4, 0.5) is 11.6 Å². The van der Waals surface area contributed by atoms with Gasteiger partial charge in [-0.3, -0.25) is 0 Å². The van der Waals surface area contributed by atoms with Crippen molar-refractivity contribution in [2.45, 2.75) is 52.2 Å². The van der Waals surface area contributed by atoms with Gasteiger partial charge in [-0.05, 0) is 71.0 Å². The number of fused-ring (bicyclic) bond motifs is 1. The molecule has 0 unspecified atom stereocenters. The molecule has 4 heterocycles. The number of anilines is 2. The Kier molecular flexibility index (Phi) is 7.17. The molecule has 1 aliphatic heterocycles. The molecular formula is C28H34N6O2S. The molecule has 0 atom stereocenters. The molecule has 0 bridgehead atoms. The van der Waals surface area contributed by atoms with Gasteiger partial charge in [0.15, 0.2) is 0 Å². The van der Waals surface area contributed by atoms with Crippen molar-refractivity contribution in [2.75, 3.05) is 25.0 Å². The average molecular weight is 519 g/mol. The number of benzene rings is 1. The van der Waals surface area contributed by atoms with Crippen molar-refractivity contribution >= 4 is 39.1 Å². The van der Waals surface area contributed by atoms with E-state index in [0.717, 1.165) is 65.3 Å². The van der Waals surface area contributed by atoms with Crippen molar-refractivity contribution in [3.05, 3.63) is 54.8 Å². The summed E-state index contributed by atoms with van der Waals surface area (Å²) in [6.45, 7) is 15.5. The topological polar surface area (TPSA) is 77.3 Å². The van der Waals surface area contributed by atoms with Crippen molar-refractivity contribution in [2.24, 2.45) is 0 Å². The molecule has 3 aromatic heterocycles. The Hall–Kier alpha value is -3.43. The Morgan fingerprint density at radius 2 is 1.92 bits per heavy atom. The number of rotatable bonds is 8. The van der Waals surface area contributed by atoms with E-state index < -0.39 is 0 Å². The summed E-state index contributed by atoms with van der Waals surface area (Å²) >= 11 is 1.61. The smallest absolute Gasteiger partial charge is 0.227 e. The van der Waals surface area contributed by atoms with Crippen LogP contribution >= 0.6 is 11.3 Å². The molecular weight excluding hydrogens is 484 g/mol. The quantitative estimate of drug-likeness (QED) is 0.270. The first-order valence-corrected chi connectivity index (χ1v) is 13.6. The second kappa shape index (κ2) is 10.5. The minimum atomic E-state index is -0.344. The van der Waals surface area contributed by atoms with Gasteiger partial charge in [0.1, 0.15) is 17.5 Å². The highest BCUT2D eigenvalue weighted by molar-refractivity contribution is 7.17. The third-order valence-electron chi connectivity index (χ3n) is 6.28. The van der Waals surface area contributed by atoms with Crippen LogP contribution in [0.25, 0.3) is 27.2 Å². The van der Waals surface area contributed by atoms with E-state index in [1.807, 2.05) is 57.4 Å². The number of nitrogens with zero attached hydrogens (tertiary/aromatic N) is 5. The molecule has 1 aliphatic rings.